The third-order valence-corrected chi connectivity index (χ3v) is 3.53. The third kappa shape index (κ3) is 3.11. The Hall–Kier alpha value is -0.730. The average molecular weight is 211 g/mol. The maximum atomic E-state index is 11.7. The highest BCUT2D eigenvalue weighted by Gasteiger charge is 2.21. The molecule has 86 valence electrons. The first kappa shape index (κ1) is 10.8. The van der Waals surface area contributed by atoms with Crippen LogP contribution in [0.3, 0.4) is 0 Å². The molecule has 0 radical (unpaired) electrons. The van der Waals surface area contributed by atoms with Crippen molar-refractivity contribution in [1.29, 1.82) is 0 Å². The van der Waals surface area contributed by atoms with Gasteiger partial charge in [0, 0.05) is 13.1 Å². The molecule has 2 fully saturated rings. The Morgan fingerprint density at radius 2 is 1.73 bits per heavy atom. The zero-order chi connectivity index (χ0) is 10.5. The molecule has 2 aliphatic rings. The van der Waals surface area contributed by atoms with Crippen molar-refractivity contribution in [1.82, 2.24) is 4.90 Å². The van der Waals surface area contributed by atoms with Gasteiger partial charge >= 0.3 is 6.09 Å². The smallest absolute Gasteiger partial charge is 0.409 e. The van der Waals surface area contributed by atoms with E-state index in [2.05, 4.69) is 0 Å². The molecule has 0 spiro atoms. The van der Waals surface area contributed by atoms with Gasteiger partial charge in [0.15, 0.2) is 0 Å². The van der Waals surface area contributed by atoms with Gasteiger partial charge in [-0.1, -0.05) is 12.8 Å². The van der Waals surface area contributed by atoms with Crippen LogP contribution in [0.5, 0.6) is 0 Å². The highest BCUT2D eigenvalue weighted by atomic mass is 16.6. The molecule has 2 rings (SSSR count). The van der Waals surface area contributed by atoms with Crippen LogP contribution in [-0.4, -0.2) is 30.7 Å². The van der Waals surface area contributed by atoms with E-state index in [-0.39, 0.29) is 6.09 Å². The van der Waals surface area contributed by atoms with Crippen LogP contribution in [0.1, 0.15) is 44.9 Å². The largest absolute Gasteiger partial charge is 0.449 e. The Labute approximate surface area is 91.8 Å². The summed E-state index contributed by atoms with van der Waals surface area (Å²) in [6.07, 6.45) is 8.56. The van der Waals surface area contributed by atoms with E-state index in [1.807, 2.05) is 4.90 Å². The molecule has 0 N–H and O–H groups in total. The topological polar surface area (TPSA) is 29.5 Å². The number of likely N-dealkylation sites (tertiary alicyclic amines) is 1. The Kier molecular flexibility index (Phi) is 3.87. The van der Waals surface area contributed by atoms with Crippen LogP contribution < -0.4 is 0 Å². The predicted octanol–water partition coefficient (Wildman–Crippen LogP) is 2.80. The van der Waals surface area contributed by atoms with Crippen molar-refractivity contribution in [2.45, 2.75) is 44.9 Å². The zero-order valence-corrected chi connectivity index (χ0v) is 9.41. The average Bonchev–Trinajstić information content (AvgIpc) is 2.80. The number of ether oxygens (including phenoxy) is 1. The first-order chi connectivity index (χ1) is 7.36. The molecular formula is C12H21NO2. The highest BCUT2D eigenvalue weighted by molar-refractivity contribution is 5.67. The normalized spacial score (nSPS) is 23.1. The summed E-state index contributed by atoms with van der Waals surface area (Å²) in [5, 5.41) is 0. The molecule has 3 nitrogen and oxygen atoms in total. The highest BCUT2D eigenvalue weighted by Crippen LogP contribution is 2.25. The number of amides is 1. The van der Waals surface area contributed by atoms with Crippen molar-refractivity contribution in [3.05, 3.63) is 0 Å². The van der Waals surface area contributed by atoms with Crippen LogP contribution in [-0.2, 0) is 4.74 Å². The quantitative estimate of drug-likeness (QED) is 0.703. The number of nitrogens with zero attached hydrogens (tertiary/aromatic N) is 1. The van der Waals surface area contributed by atoms with Gasteiger partial charge in [-0.3, -0.25) is 0 Å². The lowest BCUT2D eigenvalue weighted by atomic mass is 10.1. The van der Waals surface area contributed by atoms with Crippen molar-refractivity contribution in [3.8, 4) is 0 Å². The molecule has 1 saturated heterocycles. The van der Waals surface area contributed by atoms with Gasteiger partial charge in [-0.05, 0) is 38.0 Å². The minimum Gasteiger partial charge on any atom is -0.449 e. The number of rotatable bonds is 2. The molecule has 0 bridgehead atoms. The Morgan fingerprint density at radius 3 is 2.40 bits per heavy atom. The summed E-state index contributed by atoms with van der Waals surface area (Å²) in [7, 11) is 0. The minimum absolute atomic E-state index is 0.0819. The molecule has 1 amide bonds. The van der Waals surface area contributed by atoms with E-state index in [1.165, 1.54) is 32.1 Å². The van der Waals surface area contributed by atoms with Gasteiger partial charge in [0.25, 0.3) is 0 Å². The maximum Gasteiger partial charge on any atom is 0.409 e. The van der Waals surface area contributed by atoms with E-state index in [1.54, 1.807) is 0 Å². The summed E-state index contributed by atoms with van der Waals surface area (Å²) in [6.45, 7) is 2.43. The van der Waals surface area contributed by atoms with Gasteiger partial charge in [0.1, 0.15) is 0 Å². The zero-order valence-electron chi connectivity index (χ0n) is 9.41. The SMILES string of the molecule is O=C(OCC1CCCC1)N1CCCCC1. The lowest BCUT2D eigenvalue weighted by molar-refractivity contribution is 0.0821. The summed E-state index contributed by atoms with van der Waals surface area (Å²) in [6, 6.07) is 0. The van der Waals surface area contributed by atoms with E-state index in [0.717, 1.165) is 25.9 Å². The Balaban J connectivity index is 1.66. The lowest BCUT2D eigenvalue weighted by Gasteiger charge is -2.26. The Bertz CT molecular complexity index is 206. The van der Waals surface area contributed by atoms with Crippen LogP contribution in [0.2, 0.25) is 0 Å². The number of hydrogen-bond acceptors (Lipinski definition) is 2. The van der Waals surface area contributed by atoms with Crippen LogP contribution in [0.25, 0.3) is 0 Å². The summed E-state index contributed by atoms with van der Waals surface area (Å²) < 4.78 is 5.35. The second kappa shape index (κ2) is 5.38. The first-order valence-corrected chi connectivity index (χ1v) is 6.28. The second-order valence-electron chi connectivity index (χ2n) is 4.78. The van der Waals surface area contributed by atoms with Crippen LogP contribution in [0, 0.1) is 5.92 Å². The van der Waals surface area contributed by atoms with E-state index >= 15 is 0 Å². The van der Waals surface area contributed by atoms with Crippen molar-refractivity contribution in [2.24, 2.45) is 5.92 Å². The summed E-state index contributed by atoms with van der Waals surface area (Å²) in [5.41, 5.74) is 0. The molecule has 3 heteroatoms. The number of carbonyl (C=O) groups excluding carboxylic acids is 1. The first-order valence-electron chi connectivity index (χ1n) is 6.28. The van der Waals surface area contributed by atoms with Crippen molar-refractivity contribution < 1.29 is 9.53 Å². The number of carbonyl (C=O) groups is 1. The van der Waals surface area contributed by atoms with Crippen LogP contribution in [0.4, 0.5) is 4.79 Å². The number of hydrogen-bond donors (Lipinski definition) is 0. The standard InChI is InChI=1S/C12H21NO2/c14-12(13-8-4-1-5-9-13)15-10-11-6-2-3-7-11/h11H,1-10H2. The number of piperidine rings is 1. The van der Waals surface area contributed by atoms with Crippen LogP contribution >= 0.6 is 0 Å². The fourth-order valence-electron chi connectivity index (χ4n) is 2.53. The van der Waals surface area contributed by atoms with E-state index in [0.29, 0.717) is 12.5 Å². The van der Waals surface area contributed by atoms with E-state index < -0.39 is 0 Å². The van der Waals surface area contributed by atoms with Gasteiger partial charge in [-0.15, -0.1) is 0 Å². The fraction of sp³-hybridized carbons (Fsp3) is 0.917. The predicted molar refractivity (Wildman–Crippen MR) is 58.7 cm³/mol. The minimum atomic E-state index is -0.0819. The molecule has 0 atom stereocenters. The van der Waals surface area contributed by atoms with Gasteiger partial charge in [0.05, 0.1) is 6.61 Å². The summed E-state index contributed by atoms with van der Waals surface area (Å²) in [5.74, 6) is 0.638. The molecular weight excluding hydrogens is 190 g/mol. The van der Waals surface area contributed by atoms with Crippen molar-refractivity contribution in [2.75, 3.05) is 19.7 Å². The van der Waals surface area contributed by atoms with Gasteiger partial charge in [-0.25, -0.2) is 4.79 Å². The summed E-state index contributed by atoms with van der Waals surface area (Å²) in [4.78, 5) is 13.5. The Morgan fingerprint density at radius 1 is 1.07 bits per heavy atom. The van der Waals surface area contributed by atoms with Crippen molar-refractivity contribution in [3.63, 3.8) is 0 Å². The fourth-order valence-corrected chi connectivity index (χ4v) is 2.53. The monoisotopic (exact) mass is 211 g/mol. The molecule has 15 heavy (non-hydrogen) atoms. The lowest BCUT2D eigenvalue weighted by Crippen LogP contribution is -2.36. The van der Waals surface area contributed by atoms with E-state index in [4.69, 9.17) is 4.74 Å². The molecule has 1 aliphatic carbocycles. The van der Waals surface area contributed by atoms with E-state index in [9.17, 15) is 4.79 Å². The van der Waals surface area contributed by atoms with Gasteiger partial charge in [-0.2, -0.15) is 0 Å². The molecule has 1 aliphatic heterocycles. The summed E-state index contributed by atoms with van der Waals surface area (Å²) >= 11 is 0. The van der Waals surface area contributed by atoms with Gasteiger partial charge < -0.3 is 9.64 Å². The molecule has 1 saturated carbocycles. The van der Waals surface area contributed by atoms with Crippen molar-refractivity contribution >= 4 is 6.09 Å². The third-order valence-electron chi connectivity index (χ3n) is 3.53. The molecule has 0 aromatic carbocycles. The molecule has 0 aromatic rings. The second-order valence-corrected chi connectivity index (χ2v) is 4.78. The molecule has 0 aromatic heterocycles. The molecule has 0 unspecified atom stereocenters. The van der Waals surface area contributed by atoms with Gasteiger partial charge in [0.2, 0.25) is 0 Å². The molecule has 1 heterocycles. The van der Waals surface area contributed by atoms with Crippen LogP contribution in [0.15, 0.2) is 0 Å². The maximum absolute atomic E-state index is 11.7.